The molecule has 10 rings (SSSR count). The van der Waals surface area contributed by atoms with E-state index in [9.17, 15) is 0 Å². The minimum absolute atomic E-state index is 0. The zero-order chi connectivity index (χ0) is 42.3. The van der Waals surface area contributed by atoms with Crippen LogP contribution in [0.3, 0.4) is 0 Å². The van der Waals surface area contributed by atoms with Gasteiger partial charge in [0.1, 0.15) is 0 Å². The predicted molar refractivity (Wildman–Crippen MR) is 242 cm³/mol. The predicted octanol–water partition coefficient (Wildman–Crippen LogP) is 12.8. The summed E-state index contributed by atoms with van der Waals surface area (Å²) in [6, 6.07) is 59.5. The monoisotopic (exact) mass is 962 g/mol. The number of aromatic nitrogens is 4. The second-order valence-corrected chi connectivity index (χ2v) is 20.5. The van der Waals surface area contributed by atoms with Crippen LogP contribution >= 0.6 is 0 Å². The number of hydrogen-bond donors (Lipinski definition) is 0. The van der Waals surface area contributed by atoms with Crippen LogP contribution in [0.15, 0.2) is 168 Å². The molecule has 59 heavy (non-hydrogen) atoms. The second kappa shape index (κ2) is 16.6. The van der Waals surface area contributed by atoms with E-state index < -0.39 is 14.9 Å². The van der Waals surface area contributed by atoms with Crippen LogP contribution in [0.4, 0.5) is 0 Å². The first-order valence-electron chi connectivity index (χ1n) is 20.9. The van der Waals surface area contributed by atoms with Gasteiger partial charge in [0, 0.05) is 52.7 Å². The van der Waals surface area contributed by atoms with Gasteiger partial charge in [-0.05, 0) is 70.9 Å². The zero-order valence-electron chi connectivity index (χ0n) is 36.1. The molecule has 0 aliphatic carbocycles. The van der Waals surface area contributed by atoms with Crippen molar-refractivity contribution in [1.29, 1.82) is 0 Å². The number of aryl methyl sites for hydroxylation is 2. The summed E-state index contributed by atoms with van der Waals surface area (Å²) in [5.41, 5.74) is 12.6. The Kier molecular flexibility index (Phi) is 10.1. The van der Waals surface area contributed by atoms with Crippen LogP contribution < -0.4 is 5.19 Å². The molecule has 0 aliphatic rings. The molecule has 5 nitrogen and oxygen atoms in total. The van der Waals surface area contributed by atoms with Crippen molar-refractivity contribution >= 4 is 46.4 Å². The van der Waals surface area contributed by atoms with Gasteiger partial charge in [-0.2, -0.15) is 0 Å². The number of benzene rings is 6. The third-order valence-electron chi connectivity index (χ3n) is 10.4. The number of hydrogen-bond acceptors (Lipinski definition) is 4. The van der Waals surface area contributed by atoms with E-state index >= 15 is 0 Å². The van der Waals surface area contributed by atoms with Crippen LogP contribution in [0.5, 0.6) is 0 Å². The third-order valence-corrected chi connectivity index (χ3v) is 12.4. The number of para-hydroxylation sites is 2. The Balaban J connectivity index is 0.000000214. The van der Waals surface area contributed by atoms with Gasteiger partial charge in [-0.1, -0.05) is 128 Å². The molecule has 0 saturated heterocycles. The molecular weight excluding hydrogens is 917 g/mol. The molecule has 7 heteroatoms. The number of fused-ring (bicyclic) bond motifs is 4. The number of furan rings is 1. The van der Waals surface area contributed by atoms with Crippen molar-refractivity contribution in [2.45, 2.75) is 33.4 Å². The Bertz CT molecular complexity index is 3100. The Morgan fingerprint density at radius 3 is 2.17 bits per heavy atom. The minimum Gasteiger partial charge on any atom is -0.486 e. The minimum atomic E-state index is -2.08. The summed E-state index contributed by atoms with van der Waals surface area (Å²) < 4.78 is 30.7. The molecule has 4 heterocycles. The van der Waals surface area contributed by atoms with Gasteiger partial charge in [0.2, 0.25) is 5.71 Å². The SMILES string of the molecule is Cc1ccc2c(n1)oc1c(-c3nc4ccccc4n3-c3ccc(-c4ccccc4)cc3-c3ccccc3)[c-]ccc12.[2H]C([2H])([2H])c1c[c-]c(-c2ccc([Si](C)(C)C)cn2)cc1.[Ir]. The molecule has 291 valence electrons. The van der Waals surface area contributed by atoms with Crippen molar-refractivity contribution in [3.8, 4) is 50.6 Å². The van der Waals surface area contributed by atoms with Crippen molar-refractivity contribution in [3.05, 3.63) is 187 Å². The topological polar surface area (TPSA) is 56.7 Å². The number of rotatable bonds is 6. The summed E-state index contributed by atoms with van der Waals surface area (Å²) in [4.78, 5) is 14.3. The normalized spacial score (nSPS) is 12.3. The number of pyridine rings is 2. The second-order valence-electron chi connectivity index (χ2n) is 15.4. The molecule has 0 fully saturated rings. The van der Waals surface area contributed by atoms with E-state index in [4.69, 9.17) is 13.5 Å². The van der Waals surface area contributed by atoms with Crippen molar-refractivity contribution in [2.24, 2.45) is 0 Å². The Hall–Kier alpha value is -6.24. The van der Waals surface area contributed by atoms with E-state index in [1.165, 1.54) is 16.8 Å². The molecular formula is C52H42IrN4OSi-2. The fraction of sp³-hybridized carbons (Fsp3) is 0.0962. The van der Waals surface area contributed by atoms with Gasteiger partial charge in [-0.25, -0.2) is 4.98 Å². The Morgan fingerprint density at radius 1 is 0.695 bits per heavy atom. The van der Waals surface area contributed by atoms with Crippen LogP contribution in [-0.4, -0.2) is 27.6 Å². The number of imidazole rings is 1. The largest absolute Gasteiger partial charge is 0.486 e. The molecule has 0 saturated carbocycles. The summed E-state index contributed by atoms with van der Waals surface area (Å²) >= 11 is 0. The molecule has 10 aromatic rings. The molecule has 1 radical (unpaired) electrons. The fourth-order valence-corrected chi connectivity index (χ4v) is 8.32. The maximum Gasteiger partial charge on any atom is 0.216 e. The fourth-order valence-electron chi connectivity index (χ4n) is 7.29. The van der Waals surface area contributed by atoms with Crippen molar-refractivity contribution in [3.63, 3.8) is 0 Å². The van der Waals surface area contributed by atoms with Gasteiger partial charge in [-0.15, -0.1) is 53.6 Å². The smallest absolute Gasteiger partial charge is 0.216 e. The van der Waals surface area contributed by atoms with E-state index in [0.29, 0.717) is 11.3 Å². The van der Waals surface area contributed by atoms with Gasteiger partial charge in [0.15, 0.2) is 0 Å². The molecule has 0 unspecified atom stereocenters. The van der Waals surface area contributed by atoms with Crippen LogP contribution in [0.1, 0.15) is 15.4 Å². The quantitative estimate of drug-likeness (QED) is 0.123. The first-order valence-corrected chi connectivity index (χ1v) is 22.9. The van der Waals surface area contributed by atoms with Gasteiger partial charge < -0.3 is 14.0 Å². The molecule has 0 spiro atoms. The van der Waals surface area contributed by atoms with Gasteiger partial charge in [0.25, 0.3) is 0 Å². The summed E-state index contributed by atoms with van der Waals surface area (Å²) in [6.07, 6.45) is 1.92. The Labute approximate surface area is 364 Å². The Morgan fingerprint density at radius 2 is 1.46 bits per heavy atom. The summed E-state index contributed by atoms with van der Waals surface area (Å²) in [7, 11) is -1.34. The zero-order valence-corrected chi connectivity index (χ0v) is 36.5. The van der Waals surface area contributed by atoms with Crippen LogP contribution in [-0.2, 0) is 20.1 Å². The summed E-state index contributed by atoms with van der Waals surface area (Å²) in [5.74, 6) is 0.775. The van der Waals surface area contributed by atoms with Crippen LogP contribution in [0, 0.1) is 25.9 Å². The molecule has 0 amide bonds. The standard InChI is InChI=1S/C37H24N3O.C15H18NSi.Ir/c1-24-19-21-29-28-15-10-16-30(35(28)41-37(29)38-24)36-39-32-17-8-9-18-34(32)40(36)33-22-20-27(25-11-4-2-5-12-25)23-31(33)26-13-6-3-7-14-26;1-12-5-7-13(8-6-12)15-10-9-14(11-16-15)17(2,3)4;/h2-15,17-23H,1H3;5-7,9-11H,1-4H3;/q2*-1;/i;1D3;. The molecule has 0 bridgehead atoms. The number of nitrogens with zero attached hydrogens (tertiary/aromatic N) is 4. The van der Waals surface area contributed by atoms with Crippen molar-refractivity contribution < 1.29 is 28.6 Å². The van der Waals surface area contributed by atoms with E-state index in [-0.39, 0.29) is 20.1 Å². The first kappa shape index (κ1) is 35.9. The maximum atomic E-state index is 7.35. The van der Waals surface area contributed by atoms with E-state index in [2.05, 4.69) is 149 Å². The summed E-state index contributed by atoms with van der Waals surface area (Å²) in [5, 5.41) is 3.30. The third kappa shape index (κ3) is 7.97. The van der Waals surface area contributed by atoms with Gasteiger partial charge >= 0.3 is 0 Å². The van der Waals surface area contributed by atoms with Gasteiger partial charge in [0.05, 0.1) is 30.5 Å². The molecule has 6 aromatic carbocycles. The van der Waals surface area contributed by atoms with Gasteiger partial charge in [-0.3, -0.25) is 4.98 Å². The molecule has 0 N–H and O–H groups in total. The average Bonchev–Trinajstić information content (AvgIpc) is 3.85. The van der Waals surface area contributed by atoms with E-state index in [1.807, 2.05) is 49.5 Å². The van der Waals surface area contributed by atoms with Crippen molar-refractivity contribution in [2.75, 3.05) is 0 Å². The van der Waals surface area contributed by atoms with Crippen molar-refractivity contribution in [1.82, 2.24) is 19.5 Å². The maximum absolute atomic E-state index is 7.35. The van der Waals surface area contributed by atoms with E-state index in [1.54, 1.807) is 12.1 Å². The molecule has 0 aliphatic heterocycles. The van der Waals surface area contributed by atoms with E-state index in [0.717, 1.165) is 78.1 Å². The molecule has 4 aromatic heterocycles. The molecule has 0 atom stereocenters. The van der Waals surface area contributed by atoms with Crippen LogP contribution in [0.2, 0.25) is 19.6 Å². The average molecular weight is 962 g/mol. The first-order chi connectivity index (χ1) is 29.4. The van der Waals surface area contributed by atoms with Crippen LogP contribution in [0.25, 0.3) is 83.7 Å². The summed E-state index contributed by atoms with van der Waals surface area (Å²) in [6.45, 7) is 6.73.